The molecule has 0 aromatic heterocycles. The standard InChI is InChI=1S/C9H19N/c1-8-6-4-5-7-9(8)10(2)3/h8-9H,4-7H2,1-3H3/t8-,9+/m0/s1. The van der Waals surface area contributed by atoms with Crippen LogP contribution < -0.4 is 0 Å². The Morgan fingerprint density at radius 3 is 2.10 bits per heavy atom. The Bertz CT molecular complexity index is 98.9. The zero-order valence-electron chi connectivity index (χ0n) is 7.43. The highest BCUT2D eigenvalue weighted by Crippen LogP contribution is 2.26. The number of hydrogen-bond donors (Lipinski definition) is 0. The molecule has 0 heterocycles. The van der Waals surface area contributed by atoms with Crippen LogP contribution in [0, 0.1) is 5.92 Å². The van der Waals surface area contributed by atoms with Crippen LogP contribution in [0.1, 0.15) is 32.6 Å². The number of nitrogens with zero attached hydrogens (tertiary/aromatic N) is 1. The molecule has 60 valence electrons. The van der Waals surface area contributed by atoms with Gasteiger partial charge in [-0.1, -0.05) is 19.8 Å². The second kappa shape index (κ2) is 3.38. The molecule has 0 radical (unpaired) electrons. The van der Waals surface area contributed by atoms with E-state index in [1.165, 1.54) is 25.7 Å². The average molecular weight is 141 g/mol. The van der Waals surface area contributed by atoms with Crippen molar-refractivity contribution in [3.8, 4) is 0 Å². The van der Waals surface area contributed by atoms with E-state index in [2.05, 4.69) is 25.9 Å². The monoisotopic (exact) mass is 141 g/mol. The summed E-state index contributed by atoms with van der Waals surface area (Å²) in [7, 11) is 4.40. The molecule has 2 atom stereocenters. The maximum absolute atomic E-state index is 2.38. The molecular formula is C9H19N. The fourth-order valence-corrected chi connectivity index (χ4v) is 2.06. The molecule has 1 aliphatic rings. The molecule has 1 aliphatic carbocycles. The van der Waals surface area contributed by atoms with Crippen molar-refractivity contribution in [3.05, 3.63) is 0 Å². The van der Waals surface area contributed by atoms with E-state index in [0.29, 0.717) is 0 Å². The van der Waals surface area contributed by atoms with Gasteiger partial charge in [0.05, 0.1) is 0 Å². The molecule has 0 spiro atoms. The largest absolute Gasteiger partial charge is 0.306 e. The first-order valence-corrected chi connectivity index (χ1v) is 4.38. The van der Waals surface area contributed by atoms with Crippen LogP contribution >= 0.6 is 0 Å². The minimum Gasteiger partial charge on any atom is -0.306 e. The van der Waals surface area contributed by atoms with Gasteiger partial charge in [-0.25, -0.2) is 0 Å². The van der Waals surface area contributed by atoms with Crippen LogP contribution in [-0.4, -0.2) is 25.0 Å². The number of rotatable bonds is 1. The third kappa shape index (κ3) is 1.72. The highest BCUT2D eigenvalue weighted by atomic mass is 15.1. The van der Waals surface area contributed by atoms with Gasteiger partial charge in [0.25, 0.3) is 0 Å². The second-order valence-corrected chi connectivity index (χ2v) is 3.79. The smallest absolute Gasteiger partial charge is 0.0115 e. The summed E-state index contributed by atoms with van der Waals surface area (Å²) in [6.07, 6.45) is 5.73. The van der Waals surface area contributed by atoms with Crippen LogP contribution in [0.3, 0.4) is 0 Å². The van der Waals surface area contributed by atoms with Gasteiger partial charge in [0, 0.05) is 6.04 Å². The highest BCUT2D eigenvalue weighted by Gasteiger charge is 2.22. The van der Waals surface area contributed by atoms with E-state index in [9.17, 15) is 0 Å². The molecule has 0 saturated heterocycles. The maximum atomic E-state index is 2.38. The van der Waals surface area contributed by atoms with Crippen LogP contribution in [0.5, 0.6) is 0 Å². The minimum atomic E-state index is 0.855. The first-order chi connectivity index (χ1) is 4.72. The molecule has 10 heavy (non-hydrogen) atoms. The number of hydrogen-bond acceptors (Lipinski definition) is 1. The Morgan fingerprint density at radius 1 is 1.10 bits per heavy atom. The fourth-order valence-electron chi connectivity index (χ4n) is 2.06. The molecule has 0 aliphatic heterocycles. The molecule has 1 nitrogen and oxygen atoms in total. The normalized spacial score (nSPS) is 34.8. The van der Waals surface area contributed by atoms with Crippen LogP contribution in [0.4, 0.5) is 0 Å². The van der Waals surface area contributed by atoms with E-state index in [1.807, 2.05) is 0 Å². The zero-order valence-corrected chi connectivity index (χ0v) is 7.43. The summed E-state index contributed by atoms with van der Waals surface area (Å²) >= 11 is 0. The van der Waals surface area contributed by atoms with Crippen LogP contribution in [0.15, 0.2) is 0 Å². The van der Waals surface area contributed by atoms with Crippen molar-refractivity contribution < 1.29 is 0 Å². The lowest BCUT2D eigenvalue weighted by molar-refractivity contribution is 0.167. The van der Waals surface area contributed by atoms with Gasteiger partial charge >= 0.3 is 0 Å². The molecule has 0 N–H and O–H groups in total. The average Bonchev–Trinajstić information content (AvgIpc) is 1.88. The Kier molecular flexibility index (Phi) is 2.72. The maximum Gasteiger partial charge on any atom is 0.0115 e. The van der Waals surface area contributed by atoms with Gasteiger partial charge in [-0.3, -0.25) is 0 Å². The van der Waals surface area contributed by atoms with Gasteiger partial charge in [0.15, 0.2) is 0 Å². The van der Waals surface area contributed by atoms with Gasteiger partial charge in [0.1, 0.15) is 0 Å². The summed E-state index contributed by atoms with van der Waals surface area (Å²) in [4.78, 5) is 2.38. The molecule has 1 rings (SSSR count). The van der Waals surface area contributed by atoms with E-state index in [4.69, 9.17) is 0 Å². The molecule has 1 fully saturated rings. The Balaban J connectivity index is 2.40. The first kappa shape index (κ1) is 8.06. The second-order valence-electron chi connectivity index (χ2n) is 3.79. The first-order valence-electron chi connectivity index (χ1n) is 4.38. The Labute approximate surface area is 64.4 Å². The highest BCUT2D eigenvalue weighted by molar-refractivity contribution is 4.77. The molecule has 1 saturated carbocycles. The van der Waals surface area contributed by atoms with Crippen molar-refractivity contribution in [1.29, 1.82) is 0 Å². The van der Waals surface area contributed by atoms with Gasteiger partial charge in [-0.2, -0.15) is 0 Å². The third-order valence-corrected chi connectivity index (χ3v) is 2.73. The summed E-state index contributed by atoms with van der Waals surface area (Å²) in [6.45, 7) is 2.38. The predicted octanol–water partition coefficient (Wildman–Crippen LogP) is 2.13. The van der Waals surface area contributed by atoms with Gasteiger partial charge < -0.3 is 4.90 Å². The summed E-state index contributed by atoms with van der Waals surface area (Å²) < 4.78 is 0. The fraction of sp³-hybridized carbons (Fsp3) is 1.00. The van der Waals surface area contributed by atoms with E-state index in [1.54, 1.807) is 0 Å². The third-order valence-electron chi connectivity index (χ3n) is 2.73. The van der Waals surface area contributed by atoms with E-state index in [0.717, 1.165) is 12.0 Å². The van der Waals surface area contributed by atoms with Crippen molar-refractivity contribution in [2.45, 2.75) is 38.6 Å². The van der Waals surface area contributed by atoms with Crippen molar-refractivity contribution in [3.63, 3.8) is 0 Å². The van der Waals surface area contributed by atoms with Gasteiger partial charge in [-0.15, -0.1) is 0 Å². The van der Waals surface area contributed by atoms with Crippen molar-refractivity contribution in [2.24, 2.45) is 5.92 Å². The molecular weight excluding hydrogens is 122 g/mol. The summed E-state index contributed by atoms with van der Waals surface area (Å²) in [5, 5.41) is 0. The minimum absolute atomic E-state index is 0.855. The predicted molar refractivity (Wildman–Crippen MR) is 45.1 cm³/mol. The van der Waals surface area contributed by atoms with Crippen molar-refractivity contribution in [2.75, 3.05) is 14.1 Å². The molecule has 0 aromatic carbocycles. The molecule has 0 amide bonds. The topological polar surface area (TPSA) is 3.24 Å². The van der Waals surface area contributed by atoms with Crippen LogP contribution in [0.2, 0.25) is 0 Å². The summed E-state index contributed by atoms with van der Waals surface area (Å²) in [5.41, 5.74) is 0. The lowest BCUT2D eigenvalue weighted by atomic mass is 9.85. The van der Waals surface area contributed by atoms with Crippen LogP contribution in [-0.2, 0) is 0 Å². The quantitative estimate of drug-likeness (QED) is 0.540. The van der Waals surface area contributed by atoms with Crippen LogP contribution in [0.25, 0.3) is 0 Å². The summed E-state index contributed by atoms with van der Waals surface area (Å²) in [6, 6.07) is 0.855. The SMILES string of the molecule is C[C@H]1CCCC[C@H]1N(C)C. The molecule has 1 heteroatoms. The van der Waals surface area contributed by atoms with Crippen molar-refractivity contribution >= 4 is 0 Å². The Hall–Kier alpha value is -0.0400. The van der Waals surface area contributed by atoms with Gasteiger partial charge in [0.2, 0.25) is 0 Å². The van der Waals surface area contributed by atoms with Gasteiger partial charge in [-0.05, 0) is 32.9 Å². The molecule has 0 bridgehead atoms. The Morgan fingerprint density at radius 2 is 1.70 bits per heavy atom. The molecule has 0 aromatic rings. The van der Waals surface area contributed by atoms with Crippen molar-refractivity contribution in [1.82, 2.24) is 4.90 Å². The molecule has 0 unspecified atom stereocenters. The van der Waals surface area contributed by atoms with E-state index in [-0.39, 0.29) is 0 Å². The zero-order chi connectivity index (χ0) is 7.56. The lowest BCUT2D eigenvalue weighted by Gasteiger charge is -2.33. The summed E-state index contributed by atoms with van der Waals surface area (Å²) in [5.74, 6) is 0.920. The lowest BCUT2D eigenvalue weighted by Crippen LogP contribution is -2.36. The van der Waals surface area contributed by atoms with E-state index < -0.39 is 0 Å². The van der Waals surface area contributed by atoms with E-state index >= 15 is 0 Å².